The molecule has 0 aromatic rings. The van der Waals surface area contributed by atoms with Crippen LogP contribution in [0.1, 0.15) is 78.6 Å². The number of fused-ring (bicyclic) bond motifs is 4. The molecule has 7 atom stereocenters. The number of ketones is 1. The van der Waals surface area contributed by atoms with Crippen molar-refractivity contribution in [3.8, 4) is 0 Å². The lowest BCUT2D eigenvalue weighted by molar-refractivity contribution is -0.163. The van der Waals surface area contributed by atoms with E-state index in [0.717, 1.165) is 12.8 Å². The highest BCUT2D eigenvalue weighted by molar-refractivity contribution is 5.92. The molecule has 0 radical (unpaired) electrons. The molecule has 2 heteroatoms. The van der Waals surface area contributed by atoms with Gasteiger partial charge in [0, 0.05) is 11.3 Å². The Morgan fingerprint density at radius 1 is 1.00 bits per heavy atom. The topological polar surface area (TPSA) is 37.3 Å². The van der Waals surface area contributed by atoms with E-state index in [-0.39, 0.29) is 22.5 Å². The molecular weight excluding hydrogens is 320 g/mol. The van der Waals surface area contributed by atoms with Gasteiger partial charge in [-0.3, -0.25) is 4.79 Å². The molecule has 5 rings (SSSR count). The standard InChI is InChI=1S/C24H36O2/c1-22(2)18-11-12-23(22,3)24(26,14-18)21(25)20-17-10-9-16(13-17)19(20)15-7-5-4-6-8-15/h9-10,15-20,26H,4-8,11-14H2,1-3H3/t16-,17+,18-,19+,20+,23-,24+/m1/s1. The third-order valence-electron chi connectivity index (χ3n) is 10.3. The number of hydrogen-bond donors (Lipinski definition) is 1. The Morgan fingerprint density at radius 2 is 1.69 bits per heavy atom. The Kier molecular flexibility index (Phi) is 3.67. The molecule has 0 heterocycles. The van der Waals surface area contributed by atoms with Crippen molar-refractivity contribution in [3.05, 3.63) is 12.2 Å². The Balaban J connectivity index is 1.49. The molecule has 1 N–H and O–H groups in total. The first-order chi connectivity index (χ1) is 12.3. The summed E-state index contributed by atoms with van der Waals surface area (Å²) in [6.07, 6.45) is 15.4. The number of Topliss-reactive ketones (excluding diaryl/α,β-unsaturated/α-hetero) is 1. The average molecular weight is 357 g/mol. The number of carbonyl (C=O) groups excluding carboxylic acids is 1. The van der Waals surface area contributed by atoms with Crippen molar-refractivity contribution >= 4 is 5.78 Å². The summed E-state index contributed by atoms with van der Waals surface area (Å²) in [5.41, 5.74) is -1.26. The van der Waals surface area contributed by atoms with Crippen LogP contribution in [0.25, 0.3) is 0 Å². The van der Waals surface area contributed by atoms with Gasteiger partial charge in [0.2, 0.25) is 0 Å². The molecule has 144 valence electrons. The van der Waals surface area contributed by atoms with Gasteiger partial charge in [0.15, 0.2) is 5.78 Å². The third-order valence-corrected chi connectivity index (χ3v) is 10.3. The normalized spacial score (nSPS) is 52.1. The molecule has 0 aromatic carbocycles. The number of rotatable bonds is 3. The molecule has 0 saturated heterocycles. The Hall–Kier alpha value is -0.630. The first-order valence-corrected chi connectivity index (χ1v) is 11.2. The van der Waals surface area contributed by atoms with E-state index in [1.165, 1.54) is 38.5 Å². The number of allylic oxidation sites excluding steroid dienone is 2. The molecule has 0 spiro atoms. The first kappa shape index (κ1) is 17.5. The van der Waals surface area contributed by atoms with Crippen LogP contribution in [0.4, 0.5) is 0 Å². The molecule has 4 fully saturated rings. The molecule has 26 heavy (non-hydrogen) atoms. The SMILES string of the molecule is CC1(C)[C@@H]2CC[C@@]1(C)[C@@](O)(C(=O)[C@@H]1[C@@H](C3CCCCC3)[C@@H]3C=C[C@H]1C3)C2. The van der Waals surface area contributed by atoms with Crippen LogP contribution in [0, 0.1) is 46.3 Å². The Morgan fingerprint density at radius 3 is 2.31 bits per heavy atom. The zero-order chi connectivity index (χ0) is 18.3. The highest BCUT2D eigenvalue weighted by Gasteiger charge is 2.72. The third kappa shape index (κ3) is 1.95. The average Bonchev–Trinajstić information content (AvgIpc) is 3.33. The maximum absolute atomic E-state index is 14.0. The minimum Gasteiger partial charge on any atom is -0.381 e. The molecule has 5 aliphatic rings. The van der Waals surface area contributed by atoms with Gasteiger partial charge >= 0.3 is 0 Å². The molecule has 0 amide bonds. The lowest BCUT2D eigenvalue weighted by atomic mass is 9.58. The smallest absolute Gasteiger partial charge is 0.168 e. The van der Waals surface area contributed by atoms with Crippen molar-refractivity contribution in [1.82, 2.24) is 0 Å². The van der Waals surface area contributed by atoms with Crippen LogP contribution in [-0.2, 0) is 4.79 Å². The van der Waals surface area contributed by atoms with Gasteiger partial charge in [0.05, 0.1) is 0 Å². The van der Waals surface area contributed by atoms with Gasteiger partial charge < -0.3 is 5.11 Å². The van der Waals surface area contributed by atoms with Crippen molar-refractivity contribution in [2.45, 2.75) is 84.2 Å². The van der Waals surface area contributed by atoms with Crippen LogP contribution in [0.3, 0.4) is 0 Å². The van der Waals surface area contributed by atoms with E-state index in [4.69, 9.17) is 0 Å². The summed E-state index contributed by atoms with van der Waals surface area (Å²) in [5, 5.41) is 11.9. The fraction of sp³-hybridized carbons (Fsp3) is 0.875. The number of carbonyl (C=O) groups is 1. The van der Waals surface area contributed by atoms with E-state index in [1.54, 1.807) is 0 Å². The molecule has 0 aliphatic heterocycles. The second-order valence-electron chi connectivity index (χ2n) is 11.2. The molecule has 2 nitrogen and oxygen atoms in total. The molecule has 0 aromatic heterocycles. The second kappa shape index (κ2) is 5.46. The molecule has 4 bridgehead atoms. The molecule has 5 aliphatic carbocycles. The van der Waals surface area contributed by atoms with E-state index in [0.29, 0.717) is 36.0 Å². The van der Waals surface area contributed by atoms with Crippen molar-refractivity contribution in [2.75, 3.05) is 0 Å². The minimum atomic E-state index is -1.09. The van der Waals surface area contributed by atoms with Crippen LogP contribution in [0.2, 0.25) is 0 Å². The van der Waals surface area contributed by atoms with Gasteiger partial charge in [-0.05, 0) is 60.7 Å². The molecule has 0 unspecified atom stereocenters. The summed E-state index contributed by atoms with van der Waals surface area (Å²) in [5.74, 6) is 3.04. The maximum Gasteiger partial charge on any atom is 0.168 e. The highest BCUT2D eigenvalue weighted by Crippen LogP contribution is 2.71. The van der Waals surface area contributed by atoms with E-state index in [2.05, 4.69) is 32.9 Å². The second-order valence-corrected chi connectivity index (χ2v) is 11.2. The minimum absolute atomic E-state index is 0.0746. The van der Waals surface area contributed by atoms with Gasteiger partial charge in [0.25, 0.3) is 0 Å². The van der Waals surface area contributed by atoms with Crippen molar-refractivity contribution in [1.29, 1.82) is 0 Å². The highest BCUT2D eigenvalue weighted by atomic mass is 16.3. The van der Waals surface area contributed by atoms with Gasteiger partial charge in [-0.2, -0.15) is 0 Å². The summed E-state index contributed by atoms with van der Waals surface area (Å²) in [6.45, 7) is 6.82. The van der Waals surface area contributed by atoms with Crippen LogP contribution in [-0.4, -0.2) is 16.5 Å². The summed E-state index contributed by atoms with van der Waals surface area (Å²) >= 11 is 0. The Bertz CT molecular complexity index is 643. The van der Waals surface area contributed by atoms with Crippen molar-refractivity contribution in [2.24, 2.45) is 46.3 Å². The van der Waals surface area contributed by atoms with Crippen LogP contribution >= 0.6 is 0 Å². The fourth-order valence-corrected chi connectivity index (χ4v) is 8.31. The van der Waals surface area contributed by atoms with E-state index in [1.807, 2.05) is 0 Å². The molecular formula is C24H36O2. The predicted molar refractivity (Wildman–Crippen MR) is 103 cm³/mol. The lowest BCUT2D eigenvalue weighted by Crippen LogP contribution is -2.56. The summed E-state index contributed by atoms with van der Waals surface area (Å²) in [7, 11) is 0. The lowest BCUT2D eigenvalue weighted by Gasteiger charge is -2.47. The zero-order valence-corrected chi connectivity index (χ0v) is 16.8. The number of aliphatic hydroxyl groups is 1. The van der Waals surface area contributed by atoms with Crippen LogP contribution in [0.5, 0.6) is 0 Å². The summed E-state index contributed by atoms with van der Waals surface area (Å²) in [6, 6.07) is 0. The molecule has 4 saturated carbocycles. The van der Waals surface area contributed by atoms with E-state index in [9.17, 15) is 9.90 Å². The van der Waals surface area contributed by atoms with Gasteiger partial charge in [-0.15, -0.1) is 0 Å². The quantitative estimate of drug-likeness (QED) is 0.710. The van der Waals surface area contributed by atoms with E-state index < -0.39 is 5.60 Å². The van der Waals surface area contributed by atoms with Gasteiger partial charge in [0.1, 0.15) is 5.60 Å². The largest absolute Gasteiger partial charge is 0.381 e. The number of hydrogen-bond acceptors (Lipinski definition) is 2. The fourth-order valence-electron chi connectivity index (χ4n) is 8.31. The monoisotopic (exact) mass is 356 g/mol. The zero-order valence-electron chi connectivity index (χ0n) is 16.8. The van der Waals surface area contributed by atoms with Crippen molar-refractivity contribution in [3.63, 3.8) is 0 Å². The summed E-state index contributed by atoms with van der Waals surface area (Å²) < 4.78 is 0. The Labute approximate surface area is 158 Å². The van der Waals surface area contributed by atoms with Gasteiger partial charge in [-0.1, -0.05) is 65.0 Å². The van der Waals surface area contributed by atoms with Gasteiger partial charge in [-0.25, -0.2) is 0 Å². The first-order valence-electron chi connectivity index (χ1n) is 11.2. The summed E-state index contributed by atoms with van der Waals surface area (Å²) in [4.78, 5) is 14.0. The maximum atomic E-state index is 14.0. The predicted octanol–water partition coefficient (Wildman–Crippen LogP) is 5.15. The van der Waals surface area contributed by atoms with Crippen molar-refractivity contribution < 1.29 is 9.90 Å². The van der Waals surface area contributed by atoms with Crippen LogP contribution in [0.15, 0.2) is 12.2 Å². The van der Waals surface area contributed by atoms with Crippen LogP contribution < -0.4 is 0 Å². The van der Waals surface area contributed by atoms with E-state index >= 15 is 0 Å².